The first-order valence-corrected chi connectivity index (χ1v) is 8.35. The average Bonchev–Trinajstić information content (AvgIpc) is 2.84. The third-order valence-electron chi connectivity index (χ3n) is 5.28. The standard InChI is InChI=1S/C17H30N2O2/c1-6-16(4,5)11-19-13(12(2)3)14(20)18-17(15(19)21)9-7-8-10-17/h12-13H,6-11H2,1-5H3,(H,18,20). The van der Waals surface area contributed by atoms with Crippen LogP contribution in [0.1, 0.15) is 66.7 Å². The van der Waals surface area contributed by atoms with E-state index in [0.717, 1.165) is 32.1 Å². The van der Waals surface area contributed by atoms with Crippen LogP contribution in [0.2, 0.25) is 0 Å². The van der Waals surface area contributed by atoms with Crippen LogP contribution in [0.15, 0.2) is 0 Å². The van der Waals surface area contributed by atoms with Crippen molar-refractivity contribution in [2.24, 2.45) is 11.3 Å². The number of carbonyl (C=O) groups excluding carboxylic acids is 2. The summed E-state index contributed by atoms with van der Waals surface area (Å²) in [5.41, 5.74) is -0.563. The molecule has 4 heteroatoms. The zero-order chi connectivity index (χ0) is 15.8. The van der Waals surface area contributed by atoms with E-state index in [-0.39, 0.29) is 29.2 Å². The summed E-state index contributed by atoms with van der Waals surface area (Å²) in [6, 6.07) is -0.324. The van der Waals surface area contributed by atoms with E-state index < -0.39 is 5.54 Å². The number of amides is 2. The summed E-state index contributed by atoms with van der Waals surface area (Å²) in [7, 11) is 0. The van der Waals surface area contributed by atoms with Crippen molar-refractivity contribution in [3.05, 3.63) is 0 Å². The van der Waals surface area contributed by atoms with E-state index in [2.05, 4.69) is 26.1 Å². The van der Waals surface area contributed by atoms with E-state index in [4.69, 9.17) is 0 Å². The highest BCUT2D eigenvalue weighted by Gasteiger charge is 2.53. The second-order valence-corrected chi connectivity index (χ2v) is 7.92. The molecule has 2 aliphatic rings. The van der Waals surface area contributed by atoms with E-state index in [0.29, 0.717) is 6.54 Å². The van der Waals surface area contributed by atoms with E-state index in [1.54, 1.807) is 0 Å². The highest BCUT2D eigenvalue weighted by molar-refractivity contribution is 6.00. The molecule has 1 heterocycles. The Balaban J connectivity index is 2.33. The lowest BCUT2D eigenvalue weighted by Crippen LogP contribution is -2.71. The maximum atomic E-state index is 13.1. The largest absolute Gasteiger partial charge is 0.340 e. The fourth-order valence-corrected chi connectivity index (χ4v) is 3.63. The van der Waals surface area contributed by atoms with Gasteiger partial charge in [-0.05, 0) is 30.6 Å². The Morgan fingerprint density at radius 2 is 1.86 bits per heavy atom. The molecule has 0 aromatic rings. The van der Waals surface area contributed by atoms with Crippen LogP contribution in [0.3, 0.4) is 0 Å². The number of hydrogen-bond donors (Lipinski definition) is 1. The minimum absolute atomic E-state index is 0.0402. The predicted molar refractivity (Wildman–Crippen MR) is 83.8 cm³/mol. The molecule has 120 valence electrons. The maximum absolute atomic E-state index is 13.1. The molecule has 1 atom stereocenters. The fourth-order valence-electron chi connectivity index (χ4n) is 3.63. The molecule has 0 aromatic heterocycles. The van der Waals surface area contributed by atoms with Gasteiger partial charge in [-0.3, -0.25) is 9.59 Å². The fraction of sp³-hybridized carbons (Fsp3) is 0.882. The maximum Gasteiger partial charge on any atom is 0.249 e. The smallest absolute Gasteiger partial charge is 0.249 e. The minimum atomic E-state index is -0.605. The molecule has 0 radical (unpaired) electrons. The zero-order valence-corrected chi connectivity index (χ0v) is 14.2. The van der Waals surface area contributed by atoms with Crippen LogP contribution < -0.4 is 5.32 Å². The van der Waals surface area contributed by atoms with Crippen LogP contribution in [0.5, 0.6) is 0 Å². The molecule has 1 N–H and O–H groups in total. The molecule has 0 bridgehead atoms. The lowest BCUT2D eigenvalue weighted by molar-refractivity contribution is -0.158. The monoisotopic (exact) mass is 294 g/mol. The lowest BCUT2D eigenvalue weighted by atomic mass is 9.83. The molecular formula is C17H30N2O2. The molecule has 2 fully saturated rings. The Hall–Kier alpha value is -1.06. The topological polar surface area (TPSA) is 49.4 Å². The lowest BCUT2D eigenvalue weighted by Gasteiger charge is -2.48. The van der Waals surface area contributed by atoms with Gasteiger partial charge in [-0.2, -0.15) is 0 Å². The van der Waals surface area contributed by atoms with Gasteiger partial charge in [0, 0.05) is 6.54 Å². The van der Waals surface area contributed by atoms with Gasteiger partial charge in [-0.15, -0.1) is 0 Å². The van der Waals surface area contributed by atoms with Crippen LogP contribution in [0.4, 0.5) is 0 Å². The summed E-state index contributed by atoms with van der Waals surface area (Å²) in [4.78, 5) is 27.6. The zero-order valence-electron chi connectivity index (χ0n) is 14.2. The van der Waals surface area contributed by atoms with Crippen molar-refractivity contribution in [1.82, 2.24) is 10.2 Å². The number of nitrogens with zero attached hydrogens (tertiary/aromatic N) is 1. The van der Waals surface area contributed by atoms with Gasteiger partial charge in [0.15, 0.2) is 0 Å². The first-order chi connectivity index (χ1) is 9.72. The summed E-state index contributed by atoms with van der Waals surface area (Å²) in [6.07, 6.45) is 4.65. The Kier molecular flexibility index (Phi) is 4.36. The van der Waals surface area contributed by atoms with Crippen LogP contribution in [-0.4, -0.2) is 34.8 Å². The van der Waals surface area contributed by atoms with Crippen LogP contribution >= 0.6 is 0 Å². The second-order valence-electron chi connectivity index (χ2n) is 7.92. The normalized spacial score (nSPS) is 25.8. The molecular weight excluding hydrogens is 264 g/mol. The van der Waals surface area contributed by atoms with Gasteiger partial charge in [0.1, 0.15) is 11.6 Å². The SMILES string of the molecule is CCC(C)(C)CN1C(=O)C2(CCCC2)NC(=O)C1C(C)C. The second kappa shape index (κ2) is 5.62. The molecule has 2 rings (SSSR count). The Morgan fingerprint density at radius 3 is 2.33 bits per heavy atom. The highest BCUT2D eigenvalue weighted by Crippen LogP contribution is 2.37. The summed E-state index contributed by atoms with van der Waals surface area (Å²) in [5, 5.41) is 3.08. The third-order valence-corrected chi connectivity index (χ3v) is 5.28. The molecule has 21 heavy (non-hydrogen) atoms. The van der Waals surface area contributed by atoms with Gasteiger partial charge in [0.05, 0.1) is 0 Å². The quantitative estimate of drug-likeness (QED) is 0.866. The van der Waals surface area contributed by atoms with E-state index in [1.165, 1.54) is 0 Å². The highest BCUT2D eigenvalue weighted by atomic mass is 16.2. The number of piperazine rings is 1. The van der Waals surface area contributed by atoms with Crippen LogP contribution in [0, 0.1) is 11.3 Å². The van der Waals surface area contributed by atoms with Gasteiger partial charge in [-0.25, -0.2) is 0 Å². The van der Waals surface area contributed by atoms with Crippen molar-refractivity contribution >= 4 is 11.8 Å². The average molecular weight is 294 g/mol. The molecule has 1 aliphatic carbocycles. The van der Waals surface area contributed by atoms with Crippen LogP contribution in [-0.2, 0) is 9.59 Å². The molecule has 1 saturated heterocycles. The van der Waals surface area contributed by atoms with Crippen molar-refractivity contribution < 1.29 is 9.59 Å². The van der Waals surface area contributed by atoms with Crippen molar-refractivity contribution in [1.29, 1.82) is 0 Å². The Labute approximate surface area is 128 Å². The van der Waals surface area contributed by atoms with Gasteiger partial charge < -0.3 is 10.2 Å². The van der Waals surface area contributed by atoms with Gasteiger partial charge in [0.25, 0.3) is 0 Å². The van der Waals surface area contributed by atoms with Crippen molar-refractivity contribution in [2.75, 3.05) is 6.54 Å². The Bertz CT molecular complexity index is 423. The number of hydrogen-bond acceptors (Lipinski definition) is 2. The van der Waals surface area contributed by atoms with E-state index >= 15 is 0 Å². The summed E-state index contributed by atoms with van der Waals surface area (Å²) in [6.45, 7) is 11.2. The minimum Gasteiger partial charge on any atom is -0.340 e. The molecule has 1 saturated carbocycles. The van der Waals surface area contributed by atoms with Gasteiger partial charge >= 0.3 is 0 Å². The summed E-state index contributed by atoms with van der Waals surface area (Å²) >= 11 is 0. The number of rotatable bonds is 4. The summed E-state index contributed by atoms with van der Waals surface area (Å²) in [5.74, 6) is 0.332. The molecule has 0 aromatic carbocycles. The van der Waals surface area contributed by atoms with Crippen molar-refractivity contribution in [3.63, 3.8) is 0 Å². The number of nitrogens with one attached hydrogen (secondary N) is 1. The predicted octanol–water partition coefficient (Wildman–Crippen LogP) is 2.72. The summed E-state index contributed by atoms with van der Waals surface area (Å²) < 4.78 is 0. The van der Waals surface area contributed by atoms with Gasteiger partial charge in [0.2, 0.25) is 11.8 Å². The first kappa shape index (κ1) is 16.3. The molecule has 4 nitrogen and oxygen atoms in total. The molecule has 1 spiro atoms. The van der Waals surface area contributed by atoms with E-state index in [9.17, 15) is 9.59 Å². The van der Waals surface area contributed by atoms with Crippen molar-refractivity contribution in [2.45, 2.75) is 78.3 Å². The Morgan fingerprint density at radius 1 is 1.29 bits per heavy atom. The van der Waals surface area contributed by atoms with Crippen LogP contribution in [0.25, 0.3) is 0 Å². The molecule has 1 unspecified atom stereocenters. The first-order valence-electron chi connectivity index (χ1n) is 8.35. The molecule has 1 aliphatic heterocycles. The van der Waals surface area contributed by atoms with Gasteiger partial charge in [-0.1, -0.05) is 47.5 Å². The van der Waals surface area contributed by atoms with E-state index in [1.807, 2.05) is 18.7 Å². The van der Waals surface area contributed by atoms with Crippen molar-refractivity contribution in [3.8, 4) is 0 Å². The number of carbonyl (C=O) groups is 2. The molecule has 2 amide bonds. The third kappa shape index (κ3) is 2.95.